The number of piperidine rings is 2. The molecule has 1 N–H and O–H groups in total. The number of amides is 1. The average Bonchev–Trinajstić information content (AvgIpc) is 3.04. The van der Waals surface area contributed by atoms with Gasteiger partial charge in [0.15, 0.2) is 5.69 Å². The third-order valence-electron chi connectivity index (χ3n) is 6.72. The fourth-order valence-electron chi connectivity index (χ4n) is 5.79. The monoisotopic (exact) mass is 294 g/mol. The summed E-state index contributed by atoms with van der Waals surface area (Å²) in [6.45, 7) is 4.49. The van der Waals surface area contributed by atoms with Crippen LogP contribution in [0.3, 0.4) is 0 Å². The second-order valence-electron chi connectivity index (χ2n) is 7.42. The summed E-state index contributed by atoms with van der Waals surface area (Å²) in [4.78, 5) is 17.8. The number of aromatic amines is 1. The van der Waals surface area contributed by atoms with E-state index in [1.165, 1.54) is 25.1 Å². The molecule has 1 aromatic carbocycles. The van der Waals surface area contributed by atoms with Crippen LogP contribution in [0.25, 0.3) is 10.9 Å². The molecule has 4 aliphatic rings. The topological polar surface area (TPSA) is 52.2 Å². The number of nitrogens with one attached hydrogen (secondary N) is 1. The molecule has 112 valence electrons. The second kappa shape index (κ2) is 3.38. The van der Waals surface area contributed by atoms with Crippen molar-refractivity contribution in [3.05, 3.63) is 29.5 Å². The van der Waals surface area contributed by atoms with Gasteiger partial charge < -0.3 is 4.90 Å². The van der Waals surface area contributed by atoms with Crippen LogP contribution in [0.5, 0.6) is 0 Å². The van der Waals surface area contributed by atoms with Crippen molar-refractivity contribution in [2.45, 2.75) is 37.4 Å². The predicted octanol–water partition coefficient (Wildman–Crippen LogP) is 1.54. The lowest BCUT2D eigenvalue weighted by Gasteiger charge is -2.79. The summed E-state index contributed by atoms with van der Waals surface area (Å²) in [6, 6.07) is 7.01. The highest BCUT2D eigenvalue weighted by Crippen LogP contribution is 2.67. The van der Waals surface area contributed by atoms with E-state index in [0.717, 1.165) is 23.2 Å². The lowest BCUT2D eigenvalue weighted by Crippen LogP contribution is -2.94. The van der Waals surface area contributed by atoms with Crippen LogP contribution in [0.2, 0.25) is 0 Å². The zero-order chi connectivity index (χ0) is 14.6. The molecule has 5 nitrogen and oxygen atoms in total. The van der Waals surface area contributed by atoms with Gasteiger partial charge in [-0.15, -0.1) is 0 Å². The van der Waals surface area contributed by atoms with E-state index in [1.54, 1.807) is 0 Å². The lowest BCUT2D eigenvalue weighted by molar-refractivity contribution is -0.271. The molecule has 22 heavy (non-hydrogen) atoms. The maximum Gasteiger partial charge on any atom is 0.275 e. The number of aryl methyl sites for hydroxylation is 1. The van der Waals surface area contributed by atoms with Gasteiger partial charge in [0.05, 0.1) is 23.1 Å². The SMILES string of the molecule is Cc1ccc2c(C(=O)N3[C@@H]4CCN5C[C@@H]6C[C@@H]3C645)n[nH]c2c1. The number of benzene rings is 1. The Balaban J connectivity index is 1.40. The molecule has 1 saturated carbocycles. The number of rotatable bonds is 1. The summed E-state index contributed by atoms with van der Waals surface area (Å²) >= 11 is 0. The summed E-state index contributed by atoms with van der Waals surface area (Å²) in [5.74, 6) is 0.982. The van der Waals surface area contributed by atoms with Crippen molar-refractivity contribution < 1.29 is 4.79 Å². The molecule has 4 heterocycles. The van der Waals surface area contributed by atoms with E-state index in [1.807, 2.05) is 6.07 Å². The Morgan fingerprint density at radius 2 is 2.32 bits per heavy atom. The summed E-state index contributed by atoms with van der Waals surface area (Å²) in [5, 5.41) is 8.31. The summed E-state index contributed by atoms with van der Waals surface area (Å²) in [6.07, 6.45) is 2.33. The molecule has 6 rings (SSSR count). The largest absolute Gasteiger partial charge is 0.327 e. The van der Waals surface area contributed by atoms with E-state index in [9.17, 15) is 4.79 Å². The fraction of sp³-hybridized carbons (Fsp3) is 0.529. The first-order valence-corrected chi connectivity index (χ1v) is 8.23. The maximum absolute atomic E-state index is 13.1. The molecule has 3 saturated heterocycles. The van der Waals surface area contributed by atoms with Crippen molar-refractivity contribution >= 4 is 16.8 Å². The zero-order valence-electron chi connectivity index (χ0n) is 12.5. The second-order valence-corrected chi connectivity index (χ2v) is 7.42. The van der Waals surface area contributed by atoms with Crippen LogP contribution in [-0.4, -0.2) is 56.6 Å². The Hall–Kier alpha value is -1.88. The Bertz CT molecular complexity index is 842. The molecule has 1 unspecified atom stereocenters. The highest BCUT2D eigenvalue weighted by molar-refractivity contribution is 6.05. The van der Waals surface area contributed by atoms with E-state index < -0.39 is 0 Å². The number of hydrogen-bond donors (Lipinski definition) is 1. The van der Waals surface area contributed by atoms with Crippen molar-refractivity contribution in [3.8, 4) is 0 Å². The molecule has 1 spiro atoms. The van der Waals surface area contributed by atoms with Crippen LogP contribution in [0, 0.1) is 12.8 Å². The highest BCUT2D eigenvalue weighted by Gasteiger charge is 2.81. The number of carbonyl (C=O) groups excluding carboxylic acids is 1. The van der Waals surface area contributed by atoms with Gasteiger partial charge in [-0.25, -0.2) is 0 Å². The maximum atomic E-state index is 13.1. The van der Waals surface area contributed by atoms with Gasteiger partial charge in [0.1, 0.15) is 0 Å². The number of nitrogens with zero attached hydrogens (tertiary/aromatic N) is 3. The standard InChI is InChI=1S/C17H18N4O/c1-9-2-3-11-12(6-9)18-19-15(11)16(22)21-13-4-5-20-8-10-7-14(21)17(10,13)20/h2-3,6,10,13-14H,4-5,7-8H2,1H3,(H,18,19)/t10-,13+,14+,17?/m0/s1. The van der Waals surface area contributed by atoms with E-state index in [-0.39, 0.29) is 5.91 Å². The molecule has 1 aliphatic carbocycles. The first kappa shape index (κ1) is 11.7. The number of aromatic nitrogens is 2. The molecule has 1 aromatic heterocycles. The average molecular weight is 294 g/mol. The van der Waals surface area contributed by atoms with Crippen LogP contribution >= 0.6 is 0 Å². The highest BCUT2D eigenvalue weighted by atomic mass is 16.2. The number of hydrogen-bond acceptors (Lipinski definition) is 3. The van der Waals surface area contributed by atoms with Crippen molar-refractivity contribution in [2.75, 3.05) is 13.1 Å². The van der Waals surface area contributed by atoms with Gasteiger partial charge >= 0.3 is 0 Å². The van der Waals surface area contributed by atoms with Crippen LogP contribution in [0.1, 0.15) is 28.9 Å². The van der Waals surface area contributed by atoms with Crippen LogP contribution in [0.4, 0.5) is 0 Å². The summed E-state index contributed by atoms with van der Waals surface area (Å²) in [5.41, 5.74) is 3.13. The fourth-order valence-corrected chi connectivity index (χ4v) is 5.79. The molecular formula is C17H18N4O. The van der Waals surface area contributed by atoms with Crippen molar-refractivity contribution in [2.24, 2.45) is 5.92 Å². The normalized spacial score (nSPS) is 38.0. The Labute approximate surface area is 128 Å². The van der Waals surface area contributed by atoms with Gasteiger partial charge in [-0.2, -0.15) is 5.10 Å². The van der Waals surface area contributed by atoms with E-state index >= 15 is 0 Å². The van der Waals surface area contributed by atoms with Crippen molar-refractivity contribution in [3.63, 3.8) is 0 Å². The first-order chi connectivity index (χ1) is 10.7. The lowest BCUT2D eigenvalue weighted by atomic mass is 9.47. The van der Waals surface area contributed by atoms with Gasteiger partial charge in [0.2, 0.25) is 0 Å². The number of H-pyrrole nitrogens is 1. The van der Waals surface area contributed by atoms with Crippen LogP contribution < -0.4 is 0 Å². The van der Waals surface area contributed by atoms with Gasteiger partial charge in [0, 0.05) is 18.5 Å². The molecule has 4 fully saturated rings. The Morgan fingerprint density at radius 3 is 3.18 bits per heavy atom. The molecule has 1 amide bonds. The smallest absolute Gasteiger partial charge is 0.275 e. The molecule has 4 atom stereocenters. The van der Waals surface area contributed by atoms with Gasteiger partial charge in [-0.3, -0.25) is 14.8 Å². The summed E-state index contributed by atoms with van der Waals surface area (Å²) < 4.78 is 0. The van der Waals surface area contributed by atoms with E-state index in [0.29, 0.717) is 23.3 Å². The van der Waals surface area contributed by atoms with Gasteiger partial charge in [-0.1, -0.05) is 12.1 Å². The quantitative estimate of drug-likeness (QED) is 0.868. The molecular weight excluding hydrogens is 276 g/mol. The predicted molar refractivity (Wildman–Crippen MR) is 81.6 cm³/mol. The molecule has 3 aliphatic heterocycles. The number of fused-ring (bicyclic) bond motifs is 1. The van der Waals surface area contributed by atoms with E-state index in [2.05, 4.69) is 39.1 Å². The first-order valence-electron chi connectivity index (χ1n) is 8.23. The third-order valence-corrected chi connectivity index (χ3v) is 6.72. The van der Waals surface area contributed by atoms with Gasteiger partial charge in [0.25, 0.3) is 5.91 Å². The Kier molecular flexibility index (Phi) is 1.79. The molecule has 5 heteroatoms. The zero-order valence-corrected chi connectivity index (χ0v) is 12.5. The van der Waals surface area contributed by atoms with Crippen LogP contribution in [-0.2, 0) is 0 Å². The Morgan fingerprint density at radius 1 is 1.41 bits per heavy atom. The van der Waals surface area contributed by atoms with E-state index in [4.69, 9.17) is 0 Å². The molecule has 0 bridgehead atoms. The minimum absolute atomic E-state index is 0.128. The van der Waals surface area contributed by atoms with Gasteiger partial charge in [-0.05, 0) is 37.3 Å². The minimum Gasteiger partial charge on any atom is -0.327 e. The third kappa shape index (κ3) is 0.993. The molecule has 2 aromatic rings. The number of carbonyl (C=O) groups is 1. The van der Waals surface area contributed by atoms with Crippen LogP contribution in [0.15, 0.2) is 18.2 Å². The summed E-state index contributed by atoms with van der Waals surface area (Å²) in [7, 11) is 0. The number of likely N-dealkylation sites (tertiary alicyclic amines) is 1. The van der Waals surface area contributed by atoms with Crippen molar-refractivity contribution in [1.82, 2.24) is 20.0 Å². The molecule has 0 radical (unpaired) electrons. The van der Waals surface area contributed by atoms with Crippen molar-refractivity contribution in [1.29, 1.82) is 0 Å². The minimum atomic E-state index is 0.128.